The summed E-state index contributed by atoms with van der Waals surface area (Å²) < 4.78 is 36.1. The fourth-order valence-electron chi connectivity index (χ4n) is 9.75. The minimum absolute atomic E-state index is 0.0855. The van der Waals surface area contributed by atoms with E-state index in [1.807, 2.05) is 0 Å². The van der Waals surface area contributed by atoms with Crippen molar-refractivity contribution in [2.75, 3.05) is 6.54 Å². The average molecular weight is 1360 g/mol. The Morgan fingerprint density at radius 2 is 0.916 bits per heavy atom. The number of nitrogens with two attached hydrogens (primary N) is 1. The SMILES string of the molecule is CC[C@H](C)[C@H](NC(=O)[C@H](CCC(=O)O)NC(=O)[C@H](CCC(=O)O)NC(=O)[C@H](Cc1ccccc1)NC(=O)[C@@H](N)CC(=O)O)C(=O)N1CCC[C@H]1C(=O)N[C@@H](CCC(=O)O)C(=O)N[C@@H](CCC(=O)O)C(=O)N[C@@H](Cc1ccc(OS(=O)(=O)O)cc1)C(=O)N[C@@H](CC(C)C)C(=O)O. The molecule has 17 N–H and O–H groups in total. The molecule has 36 heteroatoms. The number of benzene rings is 2. The van der Waals surface area contributed by atoms with Gasteiger partial charge in [-0.15, -0.1) is 0 Å². The zero-order chi connectivity index (χ0) is 71.4. The Morgan fingerprint density at radius 1 is 0.526 bits per heavy atom. The number of likely N-dealkylation sites (tertiary alicyclic amines) is 1. The van der Waals surface area contributed by atoms with Crippen molar-refractivity contribution in [2.24, 2.45) is 17.6 Å². The summed E-state index contributed by atoms with van der Waals surface area (Å²) in [4.78, 5) is 199. The largest absolute Gasteiger partial charge is 0.481 e. The predicted molar refractivity (Wildman–Crippen MR) is 327 cm³/mol. The third-order valence-corrected chi connectivity index (χ3v) is 15.3. The number of carboxylic acids is 6. The standard InChI is InChI=1S/C59H82N10O25S/c1-5-31(4)49(68-54(84)39(20-24-47(76)77)62-51(81)36(17-21-44(70)71)63-55(85)40(27-32-10-7-6-8-11-32)65-50(80)35(60)29-48(78)79)58(88)69-25-9-12-43(69)57(87)64-38(19-23-46(74)75)52(82)61-37(18-22-45(72)73)53(83)66-41(56(86)67-42(59(89)90)26-30(2)3)28-33-13-15-34(16-14-33)94-95(91,92)93/h6-8,10-11,13-16,30-31,35-43,49H,5,9,12,17-29,60H2,1-4H3,(H,61,82)(H,62,81)(H,63,85)(H,64,87)(H,65,80)(H,66,83)(H,67,86)(H,68,84)(H,70,71)(H,72,73)(H,74,75)(H,76,77)(H,78,79)(H,89,90)(H,91,92,93)/t31-,35-,36-,37-,38-,39-,40-,41-,42-,43-,49-/m0/s1. The van der Waals surface area contributed by atoms with E-state index in [1.54, 1.807) is 51.1 Å². The van der Waals surface area contributed by atoms with Crippen molar-refractivity contribution >= 4 is 99.4 Å². The van der Waals surface area contributed by atoms with Gasteiger partial charge in [0.2, 0.25) is 53.2 Å². The van der Waals surface area contributed by atoms with Crippen LogP contribution in [0.1, 0.15) is 122 Å². The van der Waals surface area contributed by atoms with Gasteiger partial charge in [-0.25, -0.2) is 4.79 Å². The van der Waals surface area contributed by atoms with Crippen LogP contribution in [0, 0.1) is 11.8 Å². The molecular formula is C59H82N10O25S. The second-order valence-electron chi connectivity index (χ2n) is 22.9. The highest BCUT2D eigenvalue weighted by atomic mass is 32.3. The summed E-state index contributed by atoms with van der Waals surface area (Å²) in [6.07, 6.45) is -7.31. The molecule has 95 heavy (non-hydrogen) atoms. The molecule has 0 aromatic heterocycles. The Bertz CT molecular complexity index is 3210. The van der Waals surface area contributed by atoms with E-state index in [2.05, 4.69) is 46.7 Å². The lowest BCUT2D eigenvalue weighted by Gasteiger charge is -2.33. The molecule has 35 nitrogen and oxygen atoms in total. The average Bonchev–Trinajstić information content (AvgIpc) is 1.78. The van der Waals surface area contributed by atoms with E-state index < -0.39 is 230 Å². The summed E-state index contributed by atoms with van der Waals surface area (Å²) in [5.41, 5.74) is 6.38. The van der Waals surface area contributed by atoms with Gasteiger partial charge in [0.1, 0.15) is 60.1 Å². The van der Waals surface area contributed by atoms with Crippen LogP contribution in [0.3, 0.4) is 0 Å². The van der Waals surface area contributed by atoms with E-state index in [0.717, 1.165) is 17.0 Å². The molecule has 2 aromatic carbocycles. The number of hydrogen-bond donors (Lipinski definition) is 16. The Kier molecular flexibility index (Phi) is 32.1. The number of carbonyl (C=O) groups is 15. The second-order valence-corrected chi connectivity index (χ2v) is 24.0. The fraction of sp³-hybridized carbons (Fsp3) is 0.542. The maximum atomic E-state index is 14.7. The molecule has 0 spiro atoms. The maximum Gasteiger partial charge on any atom is 0.446 e. The van der Waals surface area contributed by atoms with Crippen LogP contribution < -0.4 is 52.5 Å². The van der Waals surface area contributed by atoms with Crippen molar-refractivity contribution in [1.29, 1.82) is 0 Å². The van der Waals surface area contributed by atoms with Crippen LogP contribution in [0.15, 0.2) is 54.6 Å². The molecule has 2 aromatic rings. The van der Waals surface area contributed by atoms with E-state index in [-0.39, 0.29) is 55.9 Å². The summed E-state index contributed by atoms with van der Waals surface area (Å²) in [7, 11) is -4.97. The summed E-state index contributed by atoms with van der Waals surface area (Å²) in [5, 5.41) is 76.6. The summed E-state index contributed by atoms with van der Waals surface area (Å²) in [6, 6.07) is -4.22. The first-order valence-corrected chi connectivity index (χ1v) is 31.5. The van der Waals surface area contributed by atoms with Crippen LogP contribution >= 0.6 is 0 Å². The van der Waals surface area contributed by atoms with E-state index in [0.29, 0.717) is 5.56 Å². The van der Waals surface area contributed by atoms with Gasteiger partial charge in [-0.05, 0) is 80.0 Å². The van der Waals surface area contributed by atoms with Crippen LogP contribution in [0.25, 0.3) is 0 Å². The number of amides is 9. The molecule has 0 aliphatic carbocycles. The lowest BCUT2D eigenvalue weighted by Crippen LogP contribution is -2.61. The molecule has 3 rings (SSSR count). The van der Waals surface area contributed by atoms with Crippen LogP contribution in [0.4, 0.5) is 0 Å². The highest BCUT2D eigenvalue weighted by Crippen LogP contribution is 2.23. The molecule has 1 aliphatic heterocycles. The summed E-state index contributed by atoms with van der Waals surface area (Å²) >= 11 is 0. The number of aliphatic carboxylic acids is 6. The third kappa shape index (κ3) is 28.5. The van der Waals surface area contributed by atoms with Crippen LogP contribution in [0.5, 0.6) is 5.75 Å². The Labute approximate surface area is 544 Å². The number of carbonyl (C=O) groups excluding carboxylic acids is 9. The van der Waals surface area contributed by atoms with Crippen molar-refractivity contribution < 1.29 is 120 Å². The monoisotopic (exact) mass is 1360 g/mol. The van der Waals surface area contributed by atoms with Crippen LogP contribution in [-0.4, -0.2) is 204 Å². The van der Waals surface area contributed by atoms with Crippen molar-refractivity contribution in [3.8, 4) is 5.75 Å². The molecule has 1 fully saturated rings. The predicted octanol–water partition coefficient (Wildman–Crippen LogP) is -2.04. The van der Waals surface area contributed by atoms with Crippen LogP contribution in [-0.2, 0) is 95.2 Å². The minimum atomic E-state index is -4.97. The highest BCUT2D eigenvalue weighted by Gasteiger charge is 2.42. The van der Waals surface area contributed by atoms with Gasteiger partial charge in [0.25, 0.3) is 0 Å². The van der Waals surface area contributed by atoms with E-state index >= 15 is 0 Å². The van der Waals surface area contributed by atoms with E-state index in [9.17, 15) is 111 Å². The van der Waals surface area contributed by atoms with E-state index in [4.69, 9.17) is 10.3 Å². The Balaban J connectivity index is 1.96. The second kappa shape index (κ2) is 38.4. The highest BCUT2D eigenvalue weighted by molar-refractivity contribution is 7.81. The van der Waals surface area contributed by atoms with Crippen LogP contribution in [0.2, 0.25) is 0 Å². The van der Waals surface area contributed by atoms with Gasteiger partial charge in [0, 0.05) is 45.1 Å². The normalized spacial score (nSPS) is 16.0. The quantitative estimate of drug-likeness (QED) is 0.0319. The molecule has 11 atom stereocenters. The number of nitrogens with zero attached hydrogens (tertiary/aromatic N) is 1. The smallest absolute Gasteiger partial charge is 0.446 e. The number of carboxylic acid groups (broad SMARTS) is 6. The first-order chi connectivity index (χ1) is 44.5. The van der Waals surface area contributed by atoms with Crippen molar-refractivity contribution in [3.05, 3.63) is 65.7 Å². The maximum absolute atomic E-state index is 14.7. The lowest BCUT2D eigenvalue weighted by molar-refractivity contribution is -0.144. The van der Waals surface area contributed by atoms with Gasteiger partial charge in [0.05, 0.1) is 12.5 Å². The first kappa shape index (κ1) is 79.4. The fourth-order valence-corrected chi connectivity index (χ4v) is 10.1. The molecule has 0 saturated carbocycles. The summed E-state index contributed by atoms with van der Waals surface area (Å²) in [5.74, 6) is -20.3. The Hall–Kier alpha value is -9.84. The molecule has 9 amide bonds. The molecule has 1 saturated heterocycles. The zero-order valence-electron chi connectivity index (χ0n) is 52.3. The summed E-state index contributed by atoms with van der Waals surface area (Å²) in [6.45, 7) is 6.31. The van der Waals surface area contributed by atoms with Crippen molar-refractivity contribution in [3.63, 3.8) is 0 Å². The van der Waals surface area contributed by atoms with Crippen molar-refractivity contribution in [1.82, 2.24) is 47.4 Å². The van der Waals surface area contributed by atoms with Gasteiger partial charge >= 0.3 is 46.2 Å². The molecule has 0 bridgehead atoms. The number of rotatable bonds is 42. The van der Waals surface area contributed by atoms with Gasteiger partial charge in [-0.3, -0.25) is 71.7 Å². The molecule has 524 valence electrons. The third-order valence-electron chi connectivity index (χ3n) is 14.9. The molecular weight excluding hydrogens is 1280 g/mol. The number of hydrogen-bond acceptors (Lipinski definition) is 19. The molecule has 0 radical (unpaired) electrons. The molecule has 0 unspecified atom stereocenters. The molecule has 1 aliphatic rings. The van der Waals surface area contributed by atoms with Gasteiger partial charge < -0.3 is 88.0 Å². The molecule has 1 heterocycles. The van der Waals surface area contributed by atoms with Gasteiger partial charge in [-0.2, -0.15) is 8.42 Å². The van der Waals surface area contributed by atoms with E-state index in [1.165, 1.54) is 19.1 Å². The first-order valence-electron chi connectivity index (χ1n) is 30.1. The minimum Gasteiger partial charge on any atom is -0.481 e. The van der Waals surface area contributed by atoms with Gasteiger partial charge in [0.15, 0.2) is 0 Å². The Morgan fingerprint density at radius 3 is 1.32 bits per heavy atom. The zero-order valence-corrected chi connectivity index (χ0v) is 53.2. The van der Waals surface area contributed by atoms with Crippen molar-refractivity contribution in [2.45, 2.75) is 184 Å². The van der Waals surface area contributed by atoms with Gasteiger partial charge in [-0.1, -0.05) is 76.6 Å². The topological polar surface area (TPSA) is 567 Å². The lowest BCUT2D eigenvalue weighted by atomic mass is 9.96. The number of nitrogens with one attached hydrogen (secondary N) is 8.